The number of carbonyl (C=O) groups excluding carboxylic acids is 1. The van der Waals surface area contributed by atoms with Crippen LogP contribution in [0, 0.1) is 12.8 Å². The second-order valence-electron chi connectivity index (χ2n) is 7.07. The zero-order chi connectivity index (χ0) is 17.8. The van der Waals surface area contributed by atoms with E-state index >= 15 is 0 Å². The van der Waals surface area contributed by atoms with Crippen LogP contribution in [-0.2, 0) is 11.3 Å². The molecule has 1 aromatic rings. The summed E-state index contributed by atoms with van der Waals surface area (Å²) in [6, 6.07) is 4.43. The molecule has 3 rings (SSSR count). The van der Waals surface area contributed by atoms with Crippen LogP contribution in [0.5, 0.6) is 11.5 Å². The van der Waals surface area contributed by atoms with E-state index in [1.165, 1.54) is 5.56 Å². The predicted octanol–water partition coefficient (Wildman–Crippen LogP) is 2.89. The molecule has 2 aliphatic rings. The summed E-state index contributed by atoms with van der Waals surface area (Å²) in [5.74, 6) is 2.17. The molecule has 5 heteroatoms. The minimum Gasteiger partial charge on any atom is -0.493 e. The highest BCUT2D eigenvalue weighted by Crippen LogP contribution is 2.33. The predicted molar refractivity (Wildman–Crippen MR) is 98.1 cm³/mol. The zero-order valence-electron chi connectivity index (χ0n) is 15.6. The van der Waals surface area contributed by atoms with Gasteiger partial charge in [0.2, 0.25) is 5.91 Å². The Hall–Kier alpha value is -1.75. The standard InChI is InChI=1S/C20H30N2O3/c1-4-24-18-10-9-15(19(14(18)3)25-5-2)11-22-12-16-7-6-8-17(13-22)21-20(16)23/h9-10,16-17H,4-8,11-13H2,1-3H3,(H,21,23)/t16-,17+/m1/s1. The average molecular weight is 346 g/mol. The lowest BCUT2D eigenvalue weighted by molar-refractivity contribution is -0.124. The van der Waals surface area contributed by atoms with Gasteiger partial charge in [-0.05, 0) is 39.7 Å². The molecule has 0 unspecified atom stereocenters. The van der Waals surface area contributed by atoms with Gasteiger partial charge in [0.25, 0.3) is 0 Å². The summed E-state index contributed by atoms with van der Waals surface area (Å²) in [6.45, 7) is 9.90. The summed E-state index contributed by atoms with van der Waals surface area (Å²) in [4.78, 5) is 14.7. The lowest BCUT2D eigenvalue weighted by Gasteiger charge is -2.28. The van der Waals surface area contributed by atoms with Gasteiger partial charge in [-0.25, -0.2) is 0 Å². The third kappa shape index (κ3) is 4.09. The van der Waals surface area contributed by atoms with E-state index in [4.69, 9.17) is 9.47 Å². The second kappa shape index (κ2) is 8.09. The van der Waals surface area contributed by atoms with Crippen molar-refractivity contribution in [1.82, 2.24) is 10.2 Å². The summed E-state index contributed by atoms with van der Waals surface area (Å²) < 4.78 is 11.7. The molecule has 0 radical (unpaired) electrons. The summed E-state index contributed by atoms with van der Waals surface area (Å²) in [5, 5.41) is 3.20. The number of ether oxygens (including phenoxy) is 2. The third-order valence-corrected chi connectivity index (χ3v) is 5.20. The van der Waals surface area contributed by atoms with Crippen LogP contribution < -0.4 is 14.8 Å². The Labute approximate surface area is 150 Å². The Kier molecular flexibility index (Phi) is 5.84. The fraction of sp³-hybridized carbons (Fsp3) is 0.650. The van der Waals surface area contributed by atoms with Crippen LogP contribution in [-0.4, -0.2) is 43.2 Å². The summed E-state index contributed by atoms with van der Waals surface area (Å²) >= 11 is 0. The molecule has 25 heavy (non-hydrogen) atoms. The highest BCUT2D eigenvalue weighted by atomic mass is 16.5. The number of hydrogen-bond acceptors (Lipinski definition) is 4. The molecular weight excluding hydrogens is 316 g/mol. The van der Waals surface area contributed by atoms with Crippen LogP contribution in [0.25, 0.3) is 0 Å². The quantitative estimate of drug-likeness (QED) is 0.860. The van der Waals surface area contributed by atoms with E-state index in [2.05, 4.69) is 23.2 Å². The molecule has 0 aliphatic carbocycles. The monoisotopic (exact) mass is 346 g/mol. The summed E-state index contributed by atoms with van der Waals surface area (Å²) in [6.07, 6.45) is 3.23. The van der Waals surface area contributed by atoms with Gasteiger partial charge in [-0.2, -0.15) is 0 Å². The summed E-state index contributed by atoms with van der Waals surface area (Å²) in [5.41, 5.74) is 2.24. The van der Waals surface area contributed by atoms with Gasteiger partial charge in [-0.3, -0.25) is 9.69 Å². The Morgan fingerprint density at radius 1 is 1.16 bits per heavy atom. The van der Waals surface area contributed by atoms with Crippen molar-refractivity contribution in [3.8, 4) is 11.5 Å². The Bertz CT molecular complexity index is 617. The number of rotatable bonds is 6. The van der Waals surface area contributed by atoms with E-state index in [9.17, 15) is 4.79 Å². The molecule has 1 N–H and O–H groups in total. The van der Waals surface area contributed by atoms with Gasteiger partial charge >= 0.3 is 0 Å². The molecule has 2 bridgehead atoms. The number of amides is 1. The topological polar surface area (TPSA) is 50.8 Å². The molecule has 2 fully saturated rings. The maximum Gasteiger partial charge on any atom is 0.224 e. The number of nitrogens with one attached hydrogen (secondary N) is 1. The Balaban J connectivity index is 1.82. The zero-order valence-corrected chi connectivity index (χ0v) is 15.6. The van der Waals surface area contributed by atoms with Gasteiger partial charge in [0, 0.05) is 36.8 Å². The van der Waals surface area contributed by atoms with E-state index in [0.717, 1.165) is 56.0 Å². The van der Waals surface area contributed by atoms with Gasteiger partial charge in [0.05, 0.1) is 19.1 Å². The van der Waals surface area contributed by atoms with Crippen molar-refractivity contribution in [1.29, 1.82) is 0 Å². The van der Waals surface area contributed by atoms with Crippen molar-refractivity contribution in [2.75, 3.05) is 26.3 Å². The van der Waals surface area contributed by atoms with Crippen molar-refractivity contribution in [2.45, 2.75) is 52.6 Å². The number of fused-ring (bicyclic) bond motifs is 3. The largest absolute Gasteiger partial charge is 0.493 e. The van der Waals surface area contributed by atoms with Crippen molar-refractivity contribution in [3.63, 3.8) is 0 Å². The average Bonchev–Trinajstić information content (AvgIpc) is 2.82. The van der Waals surface area contributed by atoms with Gasteiger partial charge in [-0.1, -0.05) is 12.5 Å². The van der Waals surface area contributed by atoms with Crippen LogP contribution in [0.1, 0.15) is 44.2 Å². The van der Waals surface area contributed by atoms with Crippen molar-refractivity contribution in [2.24, 2.45) is 5.92 Å². The SMILES string of the molecule is CCOc1ccc(CN2C[C@@H]3CCC[C@H](C2)C(=O)N3)c(OCC)c1C. The molecular formula is C20H30N2O3. The number of hydrogen-bond donors (Lipinski definition) is 1. The number of carbonyl (C=O) groups is 1. The lowest BCUT2D eigenvalue weighted by atomic mass is 9.98. The van der Waals surface area contributed by atoms with Crippen molar-refractivity contribution in [3.05, 3.63) is 23.3 Å². The normalized spacial score (nSPS) is 23.7. The molecule has 1 aromatic carbocycles. The van der Waals surface area contributed by atoms with E-state index in [-0.39, 0.29) is 17.9 Å². The Morgan fingerprint density at radius 2 is 1.96 bits per heavy atom. The maximum absolute atomic E-state index is 12.3. The van der Waals surface area contributed by atoms with E-state index in [1.807, 2.05) is 19.9 Å². The van der Waals surface area contributed by atoms with E-state index in [1.54, 1.807) is 0 Å². The molecule has 2 saturated heterocycles. The fourth-order valence-corrected chi connectivity index (χ4v) is 4.02. The minimum absolute atomic E-state index is 0.117. The first-order chi connectivity index (χ1) is 12.1. The third-order valence-electron chi connectivity index (χ3n) is 5.20. The van der Waals surface area contributed by atoms with Crippen LogP contribution in [0.4, 0.5) is 0 Å². The number of likely N-dealkylation sites (tertiary alicyclic amines) is 1. The molecule has 0 saturated carbocycles. The maximum atomic E-state index is 12.3. The molecule has 0 spiro atoms. The first-order valence-electron chi connectivity index (χ1n) is 9.53. The smallest absolute Gasteiger partial charge is 0.224 e. The lowest BCUT2D eigenvalue weighted by Crippen LogP contribution is -2.38. The number of benzene rings is 1. The van der Waals surface area contributed by atoms with Gasteiger partial charge in [0.15, 0.2) is 0 Å². The first-order valence-corrected chi connectivity index (χ1v) is 9.53. The van der Waals surface area contributed by atoms with Crippen LogP contribution in [0.3, 0.4) is 0 Å². The van der Waals surface area contributed by atoms with Gasteiger partial charge in [-0.15, -0.1) is 0 Å². The van der Waals surface area contributed by atoms with Crippen LogP contribution in [0.2, 0.25) is 0 Å². The van der Waals surface area contributed by atoms with Crippen molar-refractivity contribution < 1.29 is 14.3 Å². The van der Waals surface area contributed by atoms with E-state index in [0.29, 0.717) is 13.2 Å². The second-order valence-corrected chi connectivity index (χ2v) is 7.07. The molecule has 0 aromatic heterocycles. The Morgan fingerprint density at radius 3 is 2.72 bits per heavy atom. The van der Waals surface area contributed by atoms with Crippen LogP contribution in [0.15, 0.2) is 12.1 Å². The minimum atomic E-state index is 0.117. The molecule has 2 atom stereocenters. The number of nitrogens with zero attached hydrogens (tertiary/aromatic N) is 1. The highest BCUT2D eigenvalue weighted by Gasteiger charge is 2.32. The molecule has 2 heterocycles. The molecule has 1 amide bonds. The van der Waals surface area contributed by atoms with E-state index < -0.39 is 0 Å². The molecule has 138 valence electrons. The van der Waals surface area contributed by atoms with Gasteiger partial charge in [0.1, 0.15) is 11.5 Å². The van der Waals surface area contributed by atoms with Crippen molar-refractivity contribution >= 4 is 5.91 Å². The summed E-state index contributed by atoms with van der Waals surface area (Å²) in [7, 11) is 0. The van der Waals surface area contributed by atoms with Gasteiger partial charge < -0.3 is 14.8 Å². The molecule has 5 nitrogen and oxygen atoms in total. The first kappa shape index (κ1) is 18.1. The molecule has 2 aliphatic heterocycles. The fourth-order valence-electron chi connectivity index (χ4n) is 4.02. The highest BCUT2D eigenvalue weighted by molar-refractivity contribution is 5.79. The van der Waals surface area contributed by atoms with Crippen LogP contribution >= 0.6 is 0 Å².